The predicted octanol–water partition coefficient (Wildman–Crippen LogP) is 1.60. The third-order valence-electron chi connectivity index (χ3n) is 2.24. The molecule has 1 amide bonds. The van der Waals surface area contributed by atoms with Crippen molar-refractivity contribution in [1.82, 2.24) is 5.32 Å². The number of amides is 1. The van der Waals surface area contributed by atoms with Crippen LogP contribution in [0.3, 0.4) is 0 Å². The lowest BCUT2D eigenvalue weighted by Gasteiger charge is -2.10. The topological polar surface area (TPSA) is 41.1 Å². The molecule has 80 valence electrons. The molecule has 1 aromatic carbocycles. The zero-order valence-electron chi connectivity index (χ0n) is 8.62. The monoisotopic (exact) mass is 222 g/mol. The van der Waals surface area contributed by atoms with Gasteiger partial charge in [-0.3, -0.25) is 10.1 Å². The summed E-state index contributed by atoms with van der Waals surface area (Å²) in [6.07, 6.45) is 0. The molecule has 1 saturated heterocycles. The number of carbonyl (C=O) groups is 1. The van der Waals surface area contributed by atoms with Gasteiger partial charge in [0.15, 0.2) is 0 Å². The van der Waals surface area contributed by atoms with Gasteiger partial charge in [-0.25, -0.2) is 0 Å². The molecule has 1 unspecified atom stereocenters. The van der Waals surface area contributed by atoms with Gasteiger partial charge in [-0.05, 0) is 24.6 Å². The first-order chi connectivity index (χ1) is 7.25. The van der Waals surface area contributed by atoms with Crippen LogP contribution >= 0.6 is 11.8 Å². The first-order valence-electron chi connectivity index (χ1n) is 4.98. The first kappa shape index (κ1) is 10.5. The second-order valence-electron chi connectivity index (χ2n) is 3.56. The Morgan fingerprint density at radius 1 is 1.60 bits per heavy atom. The SMILES string of the molecule is Cc1cccc(NC(=O)C2NCCS2)c1. The van der Waals surface area contributed by atoms with Gasteiger partial charge in [-0.15, -0.1) is 11.8 Å². The van der Waals surface area contributed by atoms with Gasteiger partial charge < -0.3 is 5.32 Å². The van der Waals surface area contributed by atoms with Crippen molar-refractivity contribution in [2.75, 3.05) is 17.6 Å². The smallest absolute Gasteiger partial charge is 0.251 e. The quantitative estimate of drug-likeness (QED) is 0.798. The Balaban J connectivity index is 1.99. The number of aryl methyl sites for hydroxylation is 1. The molecule has 1 aliphatic rings. The van der Waals surface area contributed by atoms with Crippen molar-refractivity contribution in [1.29, 1.82) is 0 Å². The van der Waals surface area contributed by atoms with Crippen LogP contribution in [0.25, 0.3) is 0 Å². The minimum atomic E-state index is -0.0921. The molecular weight excluding hydrogens is 208 g/mol. The summed E-state index contributed by atoms with van der Waals surface area (Å²) in [5.41, 5.74) is 2.02. The van der Waals surface area contributed by atoms with E-state index in [1.807, 2.05) is 31.2 Å². The van der Waals surface area contributed by atoms with Crippen LogP contribution in [0.1, 0.15) is 5.56 Å². The van der Waals surface area contributed by atoms with Crippen molar-refractivity contribution in [2.24, 2.45) is 0 Å². The highest BCUT2D eigenvalue weighted by Crippen LogP contribution is 2.16. The zero-order valence-corrected chi connectivity index (χ0v) is 9.43. The highest BCUT2D eigenvalue weighted by atomic mass is 32.2. The summed E-state index contributed by atoms with van der Waals surface area (Å²) < 4.78 is 0. The Labute approximate surface area is 93.6 Å². The van der Waals surface area contributed by atoms with Crippen LogP contribution in [0.15, 0.2) is 24.3 Å². The lowest BCUT2D eigenvalue weighted by atomic mass is 10.2. The van der Waals surface area contributed by atoms with Crippen molar-refractivity contribution < 1.29 is 4.79 Å². The minimum Gasteiger partial charge on any atom is -0.324 e. The average molecular weight is 222 g/mol. The van der Waals surface area contributed by atoms with Gasteiger partial charge in [0.2, 0.25) is 0 Å². The van der Waals surface area contributed by atoms with Gasteiger partial charge in [0.05, 0.1) is 0 Å². The molecule has 0 aliphatic carbocycles. The molecule has 0 spiro atoms. The van der Waals surface area contributed by atoms with Crippen molar-refractivity contribution in [2.45, 2.75) is 12.3 Å². The highest BCUT2D eigenvalue weighted by Gasteiger charge is 2.22. The number of anilines is 1. The Kier molecular flexibility index (Phi) is 3.28. The van der Waals surface area contributed by atoms with E-state index in [0.29, 0.717) is 0 Å². The standard InChI is InChI=1S/C11H14N2OS/c1-8-3-2-4-9(7-8)13-10(14)11-12-5-6-15-11/h2-4,7,11-12H,5-6H2,1H3,(H,13,14). The number of hydrogen-bond donors (Lipinski definition) is 2. The average Bonchev–Trinajstić information content (AvgIpc) is 2.70. The molecule has 0 bridgehead atoms. The largest absolute Gasteiger partial charge is 0.324 e. The second-order valence-corrected chi connectivity index (χ2v) is 4.78. The van der Waals surface area contributed by atoms with E-state index in [9.17, 15) is 4.79 Å². The van der Waals surface area contributed by atoms with E-state index in [1.165, 1.54) is 0 Å². The van der Waals surface area contributed by atoms with Crippen molar-refractivity contribution in [3.8, 4) is 0 Å². The zero-order chi connectivity index (χ0) is 10.7. The van der Waals surface area contributed by atoms with Crippen LogP contribution in [-0.4, -0.2) is 23.6 Å². The molecule has 0 aromatic heterocycles. The maximum atomic E-state index is 11.7. The van der Waals surface area contributed by atoms with Crippen LogP contribution in [-0.2, 0) is 4.79 Å². The predicted molar refractivity (Wildman–Crippen MR) is 64.1 cm³/mol. The fourth-order valence-electron chi connectivity index (χ4n) is 1.52. The molecule has 15 heavy (non-hydrogen) atoms. The normalized spacial score (nSPS) is 20.2. The third-order valence-corrected chi connectivity index (χ3v) is 3.39. The summed E-state index contributed by atoms with van der Waals surface area (Å²) in [5, 5.41) is 5.95. The Bertz CT molecular complexity index is 361. The molecule has 1 aliphatic heterocycles. The fourth-order valence-corrected chi connectivity index (χ4v) is 2.44. The molecule has 0 saturated carbocycles. The van der Waals surface area contributed by atoms with E-state index in [-0.39, 0.29) is 11.3 Å². The second kappa shape index (κ2) is 4.68. The molecule has 2 N–H and O–H groups in total. The molecular formula is C11H14N2OS. The maximum absolute atomic E-state index is 11.7. The molecule has 1 aromatic rings. The van der Waals surface area contributed by atoms with E-state index in [1.54, 1.807) is 11.8 Å². The molecule has 4 heteroatoms. The lowest BCUT2D eigenvalue weighted by molar-refractivity contribution is -0.116. The highest BCUT2D eigenvalue weighted by molar-refractivity contribution is 8.00. The van der Waals surface area contributed by atoms with Crippen LogP contribution < -0.4 is 10.6 Å². The van der Waals surface area contributed by atoms with E-state index < -0.39 is 0 Å². The number of carbonyl (C=O) groups excluding carboxylic acids is 1. The van der Waals surface area contributed by atoms with Crippen molar-refractivity contribution >= 4 is 23.4 Å². The van der Waals surface area contributed by atoms with Gasteiger partial charge in [-0.2, -0.15) is 0 Å². The molecule has 1 heterocycles. The van der Waals surface area contributed by atoms with Crippen LogP contribution in [0, 0.1) is 6.92 Å². The van der Waals surface area contributed by atoms with Gasteiger partial charge >= 0.3 is 0 Å². The first-order valence-corrected chi connectivity index (χ1v) is 6.03. The van der Waals surface area contributed by atoms with Crippen LogP contribution in [0.2, 0.25) is 0 Å². The number of benzene rings is 1. The van der Waals surface area contributed by atoms with E-state index in [0.717, 1.165) is 23.5 Å². The number of rotatable bonds is 2. The summed E-state index contributed by atoms with van der Waals surface area (Å²) in [4.78, 5) is 11.7. The summed E-state index contributed by atoms with van der Waals surface area (Å²) in [6.45, 7) is 2.93. The number of nitrogens with one attached hydrogen (secondary N) is 2. The maximum Gasteiger partial charge on any atom is 0.251 e. The molecule has 3 nitrogen and oxygen atoms in total. The minimum absolute atomic E-state index is 0.0445. The van der Waals surface area contributed by atoms with E-state index >= 15 is 0 Å². The summed E-state index contributed by atoms with van der Waals surface area (Å²) in [6, 6.07) is 7.83. The molecule has 1 atom stereocenters. The molecule has 1 fully saturated rings. The van der Waals surface area contributed by atoms with E-state index in [4.69, 9.17) is 0 Å². The fraction of sp³-hybridized carbons (Fsp3) is 0.364. The van der Waals surface area contributed by atoms with Gasteiger partial charge in [-0.1, -0.05) is 12.1 Å². The summed E-state index contributed by atoms with van der Waals surface area (Å²) >= 11 is 1.65. The molecule has 0 radical (unpaired) electrons. The Morgan fingerprint density at radius 2 is 2.47 bits per heavy atom. The summed E-state index contributed by atoms with van der Waals surface area (Å²) in [5.74, 6) is 1.05. The van der Waals surface area contributed by atoms with Gasteiger partial charge in [0.25, 0.3) is 5.91 Å². The Hall–Kier alpha value is -1.00. The molecule has 2 rings (SSSR count). The summed E-state index contributed by atoms with van der Waals surface area (Å²) in [7, 11) is 0. The lowest BCUT2D eigenvalue weighted by Crippen LogP contribution is -2.33. The van der Waals surface area contributed by atoms with Crippen molar-refractivity contribution in [3.63, 3.8) is 0 Å². The van der Waals surface area contributed by atoms with Crippen LogP contribution in [0.5, 0.6) is 0 Å². The number of hydrogen-bond acceptors (Lipinski definition) is 3. The van der Waals surface area contributed by atoms with Crippen molar-refractivity contribution in [3.05, 3.63) is 29.8 Å². The third kappa shape index (κ3) is 2.73. The number of thioether (sulfide) groups is 1. The van der Waals surface area contributed by atoms with Crippen LogP contribution in [0.4, 0.5) is 5.69 Å². The van der Waals surface area contributed by atoms with E-state index in [2.05, 4.69) is 10.6 Å². The van der Waals surface area contributed by atoms with Gasteiger partial charge in [0.1, 0.15) is 5.37 Å². The Morgan fingerprint density at radius 3 is 3.13 bits per heavy atom. The van der Waals surface area contributed by atoms with Gasteiger partial charge in [0, 0.05) is 18.0 Å².